The summed E-state index contributed by atoms with van der Waals surface area (Å²) in [7, 11) is 0. The zero-order valence-corrected chi connectivity index (χ0v) is 11.3. The van der Waals surface area contributed by atoms with Crippen LogP contribution in [0.3, 0.4) is 0 Å². The second kappa shape index (κ2) is 5.15. The van der Waals surface area contributed by atoms with Crippen LogP contribution >= 0.6 is 0 Å². The van der Waals surface area contributed by atoms with E-state index in [4.69, 9.17) is 5.11 Å². The maximum atomic E-state index is 12.6. The van der Waals surface area contributed by atoms with Crippen LogP contribution in [0.1, 0.15) is 18.4 Å². The molecule has 1 N–H and O–H groups in total. The normalized spacial score (nSPS) is 21.7. The van der Waals surface area contributed by atoms with E-state index >= 15 is 0 Å². The Labute approximate surface area is 117 Å². The maximum Gasteiger partial charge on any atom is 0.324 e. The summed E-state index contributed by atoms with van der Waals surface area (Å²) in [5.41, 5.74) is 2.16. The second-order valence-corrected chi connectivity index (χ2v) is 5.44. The molecule has 0 bridgehead atoms. The molecule has 20 heavy (non-hydrogen) atoms. The average molecular weight is 274 g/mol. The molecule has 1 fully saturated rings. The molecule has 0 aromatic heterocycles. The van der Waals surface area contributed by atoms with Crippen LogP contribution in [0, 0.1) is 5.92 Å². The molecule has 0 saturated carbocycles. The maximum absolute atomic E-state index is 12.6. The fourth-order valence-corrected chi connectivity index (χ4v) is 3.06. The van der Waals surface area contributed by atoms with Crippen LogP contribution in [0.2, 0.25) is 0 Å². The molecular weight excluding hydrogens is 256 g/mol. The second-order valence-electron chi connectivity index (χ2n) is 5.44. The number of hydrogen-bond acceptors (Lipinski definition) is 2. The van der Waals surface area contributed by atoms with Crippen LogP contribution in [0.5, 0.6) is 0 Å². The van der Waals surface area contributed by atoms with Gasteiger partial charge in [-0.05, 0) is 30.9 Å². The summed E-state index contributed by atoms with van der Waals surface area (Å²) in [5, 5.41) is 9.11. The quantitative estimate of drug-likeness (QED) is 0.851. The van der Waals surface area contributed by atoms with Crippen LogP contribution in [-0.4, -0.2) is 41.6 Å². The van der Waals surface area contributed by atoms with Gasteiger partial charge < -0.3 is 10.0 Å². The molecule has 106 valence electrons. The van der Waals surface area contributed by atoms with Crippen molar-refractivity contribution in [2.24, 2.45) is 5.92 Å². The minimum atomic E-state index is -0.802. The number of carboxylic acids is 1. The van der Waals surface area contributed by atoms with Crippen molar-refractivity contribution in [1.82, 2.24) is 4.90 Å². The number of amides is 2. The van der Waals surface area contributed by atoms with Crippen molar-refractivity contribution < 1.29 is 14.7 Å². The highest BCUT2D eigenvalue weighted by molar-refractivity contribution is 5.94. The van der Waals surface area contributed by atoms with Gasteiger partial charge in [-0.1, -0.05) is 18.2 Å². The summed E-state index contributed by atoms with van der Waals surface area (Å²) in [6.07, 6.45) is 2.30. The number of benzene rings is 1. The van der Waals surface area contributed by atoms with Crippen LogP contribution in [0.15, 0.2) is 24.3 Å². The first-order chi connectivity index (χ1) is 9.66. The summed E-state index contributed by atoms with van der Waals surface area (Å²) < 4.78 is 0. The number of fused-ring (bicyclic) bond motifs is 1. The van der Waals surface area contributed by atoms with Crippen molar-refractivity contribution in [3.8, 4) is 0 Å². The average Bonchev–Trinajstić information content (AvgIpc) is 2.90. The minimum Gasteiger partial charge on any atom is -0.481 e. The number of hydrogen-bond donors (Lipinski definition) is 1. The number of anilines is 1. The first-order valence-corrected chi connectivity index (χ1v) is 7.04. The topological polar surface area (TPSA) is 60.9 Å². The number of carbonyl (C=O) groups excluding carboxylic acids is 1. The van der Waals surface area contributed by atoms with E-state index in [1.807, 2.05) is 24.3 Å². The number of para-hydroxylation sites is 1. The Hall–Kier alpha value is -2.04. The molecule has 2 aliphatic heterocycles. The molecule has 1 aromatic rings. The van der Waals surface area contributed by atoms with E-state index in [-0.39, 0.29) is 6.03 Å². The molecule has 0 spiro atoms. The molecule has 1 atom stereocenters. The summed E-state index contributed by atoms with van der Waals surface area (Å²) in [6, 6.07) is 7.85. The first-order valence-electron chi connectivity index (χ1n) is 7.04. The van der Waals surface area contributed by atoms with Crippen LogP contribution in [0.4, 0.5) is 10.5 Å². The van der Waals surface area contributed by atoms with Gasteiger partial charge in [-0.2, -0.15) is 0 Å². The van der Waals surface area contributed by atoms with Crippen molar-refractivity contribution in [2.75, 3.05) is 24.5 Å². The Balaban J connectivity index is 1.75. The van der Waals surface area contributed by atoms with Gasteiger partial charge in [-0.25, -0.2) is 4.79 Å². The van der Waals surface area contributed by atoms with E-state index in [0.29, 0.717) is 26.1 Å². The molecule has 5 heteroatoms. The van der Waals surface area contributed by atoms with Gasteiger partial charge in [0, 0.05) is 25.3 Å². The largest absolute Gasteiger partial charge is 0.481 e. The van der Waals surface area contributed by atoms with E-state index in [0.717, 1.165) is 18.5 Å². The highest BCUT2D eigenvalue weighted by Gasteiger charge is 2.33. The van der Waals surface area contributed by atoms with Gasteiger partial charge in [-0.3, -0.25) is 9.69 Å². The van der Waals surface area contributed by atoms with E-state index < -0.39 is 11.9 Å². The Kier molecular flexibility index (Phi) is 3.34. The molecule has 0 radical (unpaired) electrons. The predicted octanol–water partition coefficient (Wildman–Crippen LogP) is 1.97. The lowest BCUT2D eigenvalue weighted by molar-refractivity contribution is -0.143. The summed E-state index contributed by atoms with van der Waals surface area (Å²) in [4.78, 5) is 27.1. The van der Waals surface area contributed by atoms with Gasteiger partial charge in [0.25, 0.3) is 0 Å². The third-order valence-electron chi connectivity index (χ3n) is 4.16. The van der Waals surface area contributed by atoms with Crippen LogP contribution in [0.25, 0.3) is 0 Å². The highest BCUT2D eigenvalue weighted by Crippen LogP contribution is 2.29. The molecule has 2 heterocycles. The van der Waals surface area contributed by atoms with Gasteiger partial charge in [0.15, 0.2) is 0 Å². The van der Waals surface area contributed by atoms with Gasteiger partial charge in [0.05, 0.1) is 5.92 Å². The molecule has 5 nitrogen and oxygen atoms in total. The van der Waals surface area contributed by atoms with Crippen molar-refractivity contribution >= 4 is 17.7 Å². The Morgan fingerprint density at radius 1 is 1.20 bits per heavy atom. The van der Waals surface area contributed by atoms with Crippen molar-refractivity contribution in [3.63, 3.8) is 0 Å². The number of likely N-dealkylation sites (tertiary alicyclic amines) is 1. The lowest BCUT2D eigenvalue weighted by Crippen LogP contribution is -2.48. The molecule has 0 unspecified atom stereocenters. The van der Waals surface area contributed by atoms with E-state index in [1.54, 1.807) is 9.80 Å². The molecular formula is C15H18N2O3. The third kappa shape index (κ3) is 2.24. The lowest BCUT2D eigenvalue weighted by Gasteiger charge is -2.33. The standard InChI is InChI=1S/C15H18N2O3/c18-14(19)12-5-3-8-16(10-12)15(20)17-9-7-11-4-1-2-6-13(11)17/h1-2,4,6,12H,3,5,7-10H2,(H,18,19)/t12-/m1/s1. The van der Waals surface area contributed by atoms with E-state index in [2.05, 4.69) is 0 Å². The molecule has 2 amide bonds. The summed E-state index contributed by atoms with van der Waals surface area (Å²) >= 11 is 0. The zero-order chi connectivity index (χ0) is 14.1. The zero-order valence-electron chi connectivity index (χ0n) is 11.3. The molecule has 0 aliphatic carbocycles. The molecule has 1 aromatic carbocycles. The monoisotopic (exact) mass is 274 g/mol. The van der Waals surface area contributed by atoms with Gasteiger partial charge in [0.1, 0.15) is 0 Å². The number of rotatable bonds is 1. The predicted molar refractivity (Wildman–Crippen MR) is 74.8 cm³/mol. The number of urea groups is 1. The smallest absolute Gasteiger partial charge is 0.324 e. The van der Waals surface area contributed by atoms with Gasteiger partial charge >= 0.3 is 12.0 Å². The van der Waals surface area contributed by atoms with Gasteiger partial charge in [0.2, 0.25) is 0 Å². The Morgan fingerprint density at radius 2 is 2.00 bits per heavy atom. The number of carboxylic acid groups (broad SMARTS) is 1. The molecule has 3 rings (SSSR count). The summed E-state index contributed by atoms with van der Waals surface area (Å²) in [6.45, 7) is 1.67. The minimum absolute atomic E-state index is 0.0547. The Bertz CT molecular complexity index is 544. The third-order valence-corrected chi connectivity index (χ3v) is 4.16. The SMILES string of the molecule is O=C(O)[C@@H]1CCCN(C(=O)N2CCc3ccccc32)C1. The van der Waals surface area contributed by atoms with Crippen molar-refractivity contribution in [3.05, 3.63) is 29.8 Å². The number of carbonyl (C=O) groups is 2. The summed E-state index contributed by atoms with van der Waals surface area (Å²) in [5.74, 6) is -1.23. The Morgan fingerprint density at radius 3 is 2.80 bits per heavy atom. The fourth-order valence-electron chi connectivity index (χ4n) is 3.06. The number of nitrogens with zero attached hydrogens (tertiary/aromatic N) is 2. The van der Waals surface area contributed by atoms with Gasteiger partial charge in [-0.15, -0.1) is 0 Å². The highest BCUT2D eigenvalue weighted by atomic mass is 16.4. The number of piperidine rings is 1. The van der Waals surface area contributed by atoms with Crippen LogP contribution in [-0.2, 0) is 11.2 Å². The molecule has 1 saturated heterocycles. The van der Waals surface area contributed by atoms with Crippen molar-refractivity contribution in [1.29, 1.82) is 0 Å². The fraction of sp³-hybridized carbons (Fsp3) is 0.467. The van der Waals surface area contributed by atoms with Crippen LogP contribution < -0.4 is 4.90 Å². The van der Waals surface area contributed by atoms with E-state index in [9.17, 15) is 9.59 Å². The van der Waals surface area contributed by atoms with Crippen molar-refractivity contribution in [2.45, 2.75) is 19.3 Å². The van der Waals surface area contributed by atoms with E-state index in [1.165, 1.54) is 5.56 Å². The molecule has 2 aliphatic rings. The number of aliphatic carboxylic acids is 1. The lowest BCUT2D eigenvalue weighted by atomic mass is 9.99. The first kappa shape index (κ1) is 13.0.